The van der Waals surface area contributed by atoms with Gasteiger partial charge in [0.2, 0.25) is 5.78 Å². The van der Waals surface area contributed by atoms with Crippen LogP contribution in [0.3, 0.4) is 0 Å². The molecule has 1 aromatic carbocycles. The molecule has 0 atom stereocenters. The summed E-state index contributed by atoms with van der Waals surface area (Å²) in [6.07, 6.45) is 0.0719. The van der Waals surface area contributed by atoms with Gasteiger partial charge in [-0.25, -0.2) is 0 Å². The van der Waals surface area contributed by atoms with E-state index >= 15 is 0 Å². The van der Waals surface area contributed by atoms with Crippen LogP contribution in [0.1, 0.15) is 5.56 Å². The highest BCUT2D eigenvalue weighted by Gasteiger charge is 2.23. The Labute approximate surface area is 111 Å². The summed E-state index contributed by atoms with van der Waals surface area (Å²) in [7, 11) is 0. The van der Waals surface area contributed by atoms with Gasteiger partial charge >= 0.3 is 0 Å². The average Bonchev–Trinajstić information content (AvgIpc) is 2.41. The van der Waals surface area contributed by atoms with Crippen LogP contribution >= 0.6 is 11.6 Å². The summed E-state index contributed by atoms with van der Waals surface area (Å²) in [5.41, 5.74) is 0.702. The molecule has 0 unspecified atom stereocenters. The molecule has 1 saturated heterocycles. The number of Topliss-reactive ketones (excluding diaryl/α,β-unsaturated/α-hetero) is 1. The Hall–Kier alpha value is -1.39. The van der Waals surface area contributed by atoms with Crippen LogP contribution in [-0.4, -0.2) is 42.8 Å². The Kier molecular flexibility index (Phi) is 4.33. The number of piperazine rings is 1. The SMILES string of the molecule is O=C(Cc1ccccc1Cl)C(=O)N1CCNCC1. The van der Waals surface area contributed by atoms with E-state index in [1.165, 1.54) is 0 Å². The van der Waals surface area contributed by atoms with Gasteiger partial charge in [-0.3, -0.25) is 9.59 Å². The highest BCUT2D eigenvalue weighted by atomic mass is 35.5. The Morgan fingerprint density at radius 2 is 1.89 bits per heavy atom. The first kappa shape index (κ1) is 13.1. The van der Waals surface area contributed by atoms with Crippen LogP contribution in [0, 0.1) is 0 Å². The Morgan fingerprint density at radius 3 is 2.56 bits per heavy atom. The summed E-state index contributed by atoms with van der Waals surface area (Å²) in [5.74, 6) is -0.804. The maximum Gasteiger partial charge on any atom is 0.290 e. The summed E-state index contributed by atoms with van der Waals surface area (Å²) < 4.78 is 0. The van der Waals surface area contributed by atoms with Gasteiger partial charge in [0.25, 0.3) is 5.91 Å². The highest BCUT2D eigenvalue weighted by Crippen LogP contribution is 2.16. The fraction of sp³-hybridized carbons (Fsp3) is 0.385. The fourth-order valence-corrected chi connectivity index (χ4v) is 2.14. The second-order valence-electron chi connectivity index (χ2n) is 4.23. The second kappa shape index (κ2) is 5.98. The van der Waals surface area contributed by atoms with Gasteiger partial charge in [-0.05, 0) is 11.6 Å². The predicted molar refractivity (Wildman–Crippen MR) is 69.6 cm³/mol. The van der Waals surface area contributed by atoms with Crippen molar-refractivity contribution in [3.05, 3.63) is 34.9 Å². The maximum absolute atomic E-state index is 11.9. The molecule has 1 heterocycles. The number of carbonyl (C=O) groups is 2. The summed E-state index contributed by atoms with van der Waals surface area (Å²) >= 11 is 5.97. The minimum Gasteiger partial charge on any atom is -0.334 e. The number of rotatable bonds is 3. The Balaban J connectivity index is 1.99. The zero-order valence-electron chi connectivity index (χ0n) is 9.99. The van der Waals surface area contributed by atoms with Crippen molar-refractivity contribution in [2.75, 3.05) is 26.2 Å². The maximum atomic E-state index is 11.9. The van der Waals surface area contributed by atoms with Gasteiger partial charge in [-0.1, -0.05) is 29.8 Å². The molecule has 96 valence electrons. The summed E-state index contributed by atoms with van der Waals surface area (Å²) in [6, 6.07) is 7.10. The van der Waals surface area contributed by atoms with Gasteiger partial charge in [0.05, 0.1) is 0 Å². The molecule has 0 aromatic heterocycles. The minimum absolute atomic E-state index is 0.0719. The quantitative estimate of drug-likeness (QED) is 0.827. The zero-order chi connectivity index (χ0) is 13.0. The third-order valence-electron chi connectivity index (χ3n) is 2.95. The number of nitrogens with zero attached hydrogens (tertiary/aromatic N) is 1. The molecule has 1 amide bonds. The van der Waals surface area contributed by atoms with Gasteiger partial charge in [0, 0.05) is 37.6 Å². The first-order chi connectivity index (χ1) is 8.68. The van der Waals surface area contributed by atoms with Crippen LogP contribution in [0.2, 0.25) is 5.02 Å². The number of carbonyl (C=O) groups excluding carboxylic acids is 2. The van der Waals surface area contributed by atoms with E-state index in [-0.39, 0.29) is 6.42 Å². The van der Waals surface area contributed by atoms with Gasteiger partial charge in [-0.15, -0.1) is 0 Å². The van der Waals surface area contributed by atoms with E-state index in [2.05, 4.69) is 5.32 Å². The summed E-state index contributed by atoms with van der Waals surface area (Å²) in [5, 5.41) is 3.67. The molecule has 1 aliphatic rings. The molecule has 1 aromatic rings. The lowest BCUT2D eigenvalue weighted by Gasteiger charge is -2.26. The van der Waals surface area contributed by atoms with Gasteiger partial charge < -0.3 is 10.2 Å². The van der Waals surface area contributed by atoms with Crippen LogP contribution in [0.5, 0.6) is 0 Å². The number of hydrogen-bond donors (Lipinski definition) is 1. The van der Waals surface area contributed by atoms with Crippen molar-refractivity contribution in [2.24, 2.45) is 0 Å². The molecular formula is C13H15ClN2O2. The van der Waals surface area contributed by atoms with Crippen LogP contribution in [0.25, 0.3) is 0 Å². The van der Waals surface area contributed by atoms with E-state index in [0.717, 1.165) is 13.1 Å². The number of amides is 1. The molecule has 1 N–H and O–H groups in total. The Morgan fingerprint density at radius 1 is 1.22 bits per heavy atom. The monoisotopic (exact) mass is 266 g/mol. The molecular weight excluding hydrogens is 252 g/mol. The second-order valence-corrected chi connectivity index (χ2v) is 4.64. The third-order valence-corrected chi connectivity index (χ3v) is 3.32. The molecule has 0 saturated carbocycles. The van der Waals surface area contributed by atoms with Crippen molar-refractivity contribution in [1.29, 1.82) is 0 Å². The van der Waals surface area contributed by atoms with Crippen molar-refractivity contribution in [3.8, 4) is 0 Å². The minimum atomic E-state index is -0.406. The van der Waals surface area contributed by atoms with E-state index < -0.39 is 11.7 Å². The molecule has 0 radical (unpaired) electrons. The molecule has 1 aliphatic heterocycles. The van der Waals surface area contributed by atoms with Crippen molar-refractivity contribution in [1.82, 2.24) is 10.2 Å². The first-order valence-electron chi connectivity index (χ1n) is 5.94. The van der Waals surface area contributed by atoms with Crippen LogP contribution in [-0.2, 0) is 16.0 Å². The molecule has 5 heteroatoms. The predicted octanol–water partition coefficient (Wildman–Crippen LogP) is 0.883. The first-order valence-corrected chi connectivity index (χ1v) is 6.32. The van der Waals surface area contributed by atoms with E-state index in [0.29, 0.717) is 23.7 Å². The fourth-order valence-electron chi connectivity index (χ4n) is 1.93. The molecule has 0 spiro atoms. The molecule has 4 nitrogen and oxygen atoms in total. The lowest BCUT2D eigenvalue weighted by Crippen LogP contribution is -2.49. The smallest absolute Gasteiger partial charge is 0.290 e. The summed E-state index contributed by atoms with van der Waals surface area (Å²) in [6.45, 7) is 2.66. The highest BCUT2D eigenvalue weighted by molar-refractivity contribution is 6.37. The van der Waals surface area contributed by atoms with Crippen molar-refractivity contribution in [3.63, 3.8) is 0 Å². The average molecular weight is 267 g/mol. The number of halogens is 1. The van der Waals surface area contributed by atoms with E-state index in [1.54, 1.807) is 23.1 Å². The van der Waals surface area contributed by atoms with Crippen molar-refractivity contribution < 1.29 is 9.59 Å². The normalized spacial score (nSPS) is 15.5. The molecule has 1 fully saturated rings. The third kappa shape index (κ3) is 3.09. The lowest BCUT2D eigenvalue weighted by atomic mass is 10.1. The molecule has 18 heavy (non-hydrogen) atoms. The Bertz CT molecular complexity index is 456. The van der Waals surface area contributed by atoms with E-state index in [1.807, 2.05) is 6.07 Å². The largest absolute Gasteiger partial charge is 0.334 e. The van der Waals surface area contributed by atoms with Gasteiger partial charge in [0.15, 0.2) is 0 Å². The van der Waals surface area contributed by atoms with Gasteiger partial charge in [-0.2, -0.15) is 0 Å². The summed E-state index contributed by atoms with van der Waals surface area (Å²) in [4.78, 5) is 25.4. The van der Waals surface area contributed by atoms with Crippen LogP contribution < -0.4 is 5.32 Å². The molecule has 0 bridgehead atoms. The zero-order valence-corrected chi connectivity index (χ0v) is 10.7. The van der Waals surface area contributed by atoms with Crippen LogP contribution in [0.4, 0.5) is 0 Å². The standard InChI is InChI=1S/C13H15ClN2O2/c14-11-4-2-1-3-10(11)9-12(17)13(18)16-7-5-15-6-8-16/h1-4,15H,5-9H2. The van der Waals surface area contributed by atoms with Crippen molar-refractivity contribution in [2.45, 2.75) is 6.42 Å². The molecule has 0 aliphatic carbocycles. The van der Waals surface area contributed by atoms with Crippen molar-refractivity contribution >= 4 is 23.3 Å². The topological polar surface area (TPSA) is 49.4 Å². The van der Waals surface area contributed by atoms with Crippen LogP contribution in [0.15, 0.2) is 24.3 Å². The number of ketones is 1. The van der Waals surface area contributed by atoms with E-state index in [9.17, 15) is 9.59 Å². The number of nitrogens with one attached hydrogen (secondary N) is 1. The number of benzene rings is 1. The molecule has 2 rings (SSSR count). The van der Waals surface area contributed by atoms with E-state index in [4.69, 9.17) is 11.6 Å². The number of hydrogen-bond acceptors (Lipinski definition) is 3. The lowest BCUT2D eigenvalue weighted by molar-refractivity contribution is -0.144. The van der Waals surface area contributed by atoms with Gasteiger partial charge in [0.1, 0.15) is 0 Å².